The van der Waals surface area contributed by atoms with Gasteiger partial charge in [-0.2, -0.15) is 0 Å². The number of fused-ring (bicyclic) bond motifs is 1. The summed E-state index contributed by atoms with van der Waals surface area (Å²) in [7, 11) is -3.58. The number of hydrogen-bond acceptors (Lipinski definition) is 5. The van der Waals surface area contributed by atoms with Crippen LogP contribution >= 0.6 is 0 Å². The first-order valence-electron chi connectivity index (χ1n) is 9.76. The molecule has 4 rings (SSSR count). The molecular formula is C21H22N4O4S. The van der Waals surface area contributed by atoms with Crippen LogP contribution in [0.1, 0.15) is 30.4 Å². The summed E-state index contributed by atoms with van der Waals surface area (Å²) < 4.78 is 26.6. The SMILES string of the molecule is O=C(CCN=C1NS(=O)(=O)c2ccccc21)Nc1cccc(CN2CCCC2=O)c1. The maximum atomic E-state index is 12.3. The van der Waals surface area contributed by atoms with Crippen molar-refractivity contribution in [2.75, 3.05) is 18.4 Å². The third-order valence-corrected chi connectivity index (χ3v) is 6.42. The van der Waals surface area contributed by atoms with E-state index in [1.54, 1.807) is 24.3 Å². The number of rotatable bonds is 6. The van der Waals surface area contributed by atoms with Crippen LogP contribution in [0, 0.1) is 0 Å². The Labute approximate surface area is 175 Å². The Morgan fingerprint density at radius 3 is 2.80 bits per heavy atom. The highest BCUT2D eigenvalue weighted by atomic mass is 32.2. The van der Waals surface area contributed by atoms with E-state index >= 15 is 0 Å². The highest BCUT2D eigenvalue weighted by molar-refractivity contribution is 7.90. The molecule has 8 nitrogen and oxygen atoms in total. The number of nitrogens with one attached hydrogen (secondary N) is 2. The highest BCUT2D eigenvalue weighted by Gasteiger charge is 2.30. The van der Waals surface area contributed by atoms with Crippen LogP contribution in [-0.2, 0) is 26.2 Å². The van der Waals surface area contributed by atoms with Crippen molar-refractivity contribution >= 4 is 33.4 Å². The summed E-state index contributed by atoms with van der Waals surface area (Å²) in [6.45, 7) is 1.46. The fourth-order valence-corrected chi connectivity index (χ4v) is 4.83. The van der Waals surface area contributed by atoms with Crippen molar-refractivity contribution in [3.63, 3.8) is 0 Å². The normalized spacial score (nSPS) is 18.3. The minimum Gasteiger partial charge on any atom is -0.338 e. The van der Waals surface area contributed by atoms with Gasteiger partial charge in [-0.25, -0.2) is 8.42 Å². The number of anilines is 1. The molecule has 2 aromatic rings. The summed E-state index contributed by atoms with van der Waals surface area (Å²) in [6, 6.07) is 14.0. The number of sulfonamides is 1. The van der Waals surface area contributed by atoms with Gasteiger partial charge in [-0.05, 0) is 36.2 Å². The lowest BCUT2D eigenvalue weighted by Gasteiger charge is -2.16. The van der Waals surface area contributed by atoms with Crippen molar-refractivity contribution in [2.24, 2.45) is 4.99 Å². The van der Waals surface area contributed by atoms with Crippen molar-refractivity contribution < 1.29 is 18.0 Å². The van der Waals surface area contributed by atoms with Crippen LogP contribution in [0.4, 0.5) is 5.69 Å². The largest absolute Gasteiger partial charge is 0.338 e. The van der Waals surface area contributed by atoms with Crippen LogP contribution in [-0.4, -0.2) is 44.1 Å². The molecule has 2 aliphatic heterocycles. The van der Waals surface area contributed by atoms with Crippen LogP contribution in [0.2, 0.25) is 0 Å². The summed E-state index contributed by atoms with van der Waals surface area (Å²) in [4.78, 5) is 30.3. The van der Waals surface area contributed by atoms with Crippen LogP contribution < -0.4 is 10.0 Å². The minimum absolute atomic E-state index is 0.113. The lowest BCUT2D eigenvalue weighted by Crippen LogP contribution is -2.24. The smallest absolute Gasteiger partial charge is 0.263 e. The van der Waals surface area contributed by atoms with Crippen molar-refractivity contribution in [1.82, 2.24) is 9.62 Å². The van der Waals surface area contributed by atoms with Gasteiger partial charge in [0, 0.05) is 37.2 Å². The molecule has 2 heterocycles. The number of carbonyl (C=O) groups excluding carboxylic acids is 2. The second-order valence-electron chi connectivity index (χ2n) is 7.25. The van der Waals surface area contributed by atoms with E-state index in [4.69, 9.17) is 0 Å². The van der Waals surface area contributed by atoms with E-state index in [0.29, 0.717) is 24.2 Å². The summed E-state index contributed by atoms with van der Waals surface area (Å²) in [5.41, 5.74) is 2.13. The van der Waals surface area contributed by atoms with E-state index in [2.05, 4.69) is 15.0 Å². The van der Waals surface area contributed by atoms with Gasteiger partial charge in [-0.3, -0.25) is 19.3 Å². The molecule has 0 aromatic heterocycles. The topological polar surface area (TPSA) is 108 Å². The van der Waals surface area contributed by atoms with Crippen LogP contribution in [0.15, 0.2) is 58.4 Å². The molecular weight excluding hydrogens is 404 g/mol. The molecule has 156 valence electrons. The first-order chi connectivity index (χ1) is 14.4. The molecule has 1 fully saturated rings. The van der Waals surface area contributed by atoms with Crippen molar-refractivity contribution in [3.8, 4) is 0 Å². The molecule has 0 saturated carbocycles. The quantitative estimate of drug-likeness (QED) is 0.735. The molecule has 1 saturated heterocycles. The van der Waals surface area contributed by atoms with Gasteiger partial charge in [0.1, 0.15) is 5.84 Å². The van der Waals surface area contributed by atoms with Crippen LogP contribution in [0.5, 0.6) is 0 Å². The van der Waals surface area contributed by atoms with Crippen LogP contribution in [0.3, 0.4) is 0 Å². The van der Waals surface area contributed by atoms with Crippen molar-refractivity contribution in [2.45, 2.75) is 30.7 Å². The van der Waals surface area contributed by atoms with Gasteiger partial charge < -0.3 is 10.2 Å². The Bertz CT molecular complexity index is 1130. The van der Waals surface area contributed by atoms with Gasteiger partial charge in [0.25, 0.3) is 10.0 Å². The predicted molar refractivity (Wildman–Crippen MR) is 113 cm³/mol. The number of carbonyl (C=O) groups is 2. The fraction of sp³-hybridized carbons (Fsp3) is 0.286. The zero-order valence-electron chi connectivity index (χ0n) is 16.3. The zero-order chi connectivity index (χ0) is 21.1. The Balaban J connectivity index is 1.34. The molecule has 0 aliphatic carbocycles. The third-order valence-electron chi connectivity index (χ3n) is 5.03. The number of benzene rings is 2. The van der Waals surface area contributed by atoms with E-state index in [9.17, 15) is 18.0 Å². The molecule has 0 radical (unpaired) electrons. The van der Waals surface area contributed by atoms with Gasteiger partial charge in [-0.1, -0.05) is 24.3 Å². The van der Waals surface area contributed by atoms with E-state index in [-0.39, 0.29) is 35.5 Å². The Morgan fingerprint density at radius 1 is 1.17 bits per heavy atom. The lowest BCUT2D eigenvalue weighted by molar-refractivity contribution is -0.128. The third kappa shape index (κ3) is 4.35. The van der Waals surface area contributed by atoms with Crippen LogP contribution in [0.25, 0.3) is 0 Å². The summed E-state index contributed by atoms with van der Waals surface area (Å²) in [5, 5.41) is 2.83. The molecule has 30 heavy (non-hydrogen) atoms. The summed E-state index contributed by atoms with van der Waals surface area (Å²) in [6.07, 6.45) is 1.60. The fourth-order valence-electron chi connectivity index (χ4n) is 3.58. The Morgan fingerprint density at radius 2 is 2.00 bits per heavy atom. The van der Waals surface area contributed by atoms with E-state index in [1.165, 1.54) is 6.07 Å². The molecule has 9 heteroatoms. The number of amidine groups is 1. The summed E-state index contributed by atoms with van der Waals surface area (Å²) in [5.74, 6) is 0.200. The first-order valence-corrected chi connectivity index (χ1v) is 11.2. The average molecular weight is 426 g/mol. The molecule has 2 aromatic carbocycles. The Kier molecular flexibility index (Phi) is 5.54. The van der Waals surface area contributed by atoms with E-state index < -0.39 is 10.0 Å². The Hall–Kier alpha value is -3.20. The lowest BCUT2D eigenvalue weighted by atomic mass is 10.2. The molecule has 2 N–H and O–H groups in total. The van der Waals surface area contributed by atoms with E-state index in [1.807, 2.05) is 23.1 Å². The summed E-state index contributed by atoms with van der Waals surface area (Å²) >= 11 is 0. The van der Waals surface area contributed by atoms with Gasteiger partial charge in [0.2, 0.25) is 11.8 Å². The van der Waals surface area contributed by atoms with Gasteiger partial charge in [-0.15, -0.1) is 0 Å². The second kappa shape index (κ2) is 8.27. The maximum Gasteiger partial charge on any atom is 0.263 e. The number of nitrogens with zero attached hydrogens (tertiary/aromatic N) is 2. The second-order valence-corrected chi connectivity index (χ2v) is 8.90. The molecule has 0 spiro atoms. The average Bonchev–Trinajstić information content (AvgIpc) is 3.23. The van der Waals surface area contributed by atoms with Gasteiger partial charge in [0.15, 0.2) is 0 Å². The first kappa shape index (κ1) is 20.1. The van der Waals surface area contributed by atoms with Gasteiger partial charge >= 0.3 is 0 Å². The zero-order valence-corrected chi connectivity index (χ0v) is 17.1. The van der Waals surface area contributed by atoms with Crippen molar-refractivity contribution in [1.29, 1.82) is 0 Å². The molecule has 2 aliphatic rings. The number of amides is 2. The monoisotopic (exact) mass is 426 g/mol. The highest BCUT2D eigenvalue weighted by Crippen LogP contribution is 2.22. The van der Waals surface area contributed by atoms with Gasteiger partial charge in [0.05, 0.1) is 11.4 Å². The standard InChI is InChI=1S/C21H22N4O4S/c26-19(10-11-22-21-17-7-1-2-8-18(17)30(28,29)24-21)23-16-6-3-5-15(13-16)14-25-12-4-9-20(25)27/h1-3,5-8,13H,4,9-12,14H2,(H,22,24)(H,23,26). The van der Waals surface area contributed by atoms with E-state index in [0.717, 1.165) is 18.5 Å². The molecule has 0 bridgehead atoms. The number of likely N-dealkylation sites (tertiary alicyclic amines) is 1. The molecule has 2 amide bonds. The number of hydrogen-bond donors (Lipinski definition) is 2. The molecule has 0 atom stereocenters. The molecule has 0 unspecified atom stereocenters. The predicted octanol–water partition coefficient (Wildman–Crippen LogP) is 1.88. The maximum absolute atomic E-state index is 12.3. The number of aliphatic imine (C=N–C) groups is 1. The minimum atomic E-state index is -3.58. The van der Waals surface area contributed by atoms with Crippen molar-refractivity contribution in [3.05, 3.63) is 59.7 Å².